The molecule has 23 heavy (non-hydrogen) atoms. The fraction of sp³-hybridized carbons (Fsp3) is 0.588. The van der Waals surface area contributed by atoms with E-state index in [0.717, 1.165) is 28.9 Å². The van der Waals surface area contributed by atoms with Gasteiger partial charge in [0.1, 0.15) is 5.75 Å². The normalized spacial score (nSPS) is 22.1. The lowest BCUT2D eigenvalue weighted by Crippen LogP contribution is -2.41. The van der Waals surface area contributed by atoms with E-state index in [0.29, 0.717) is 0 Å². The second-order valence-electron chi connectivity index (χ2n) is 7.20. The number of nitrogens with zero attached hydrogens (tertiary/aromatic N) is 1. The van der Waals surface area contributed by atoms with Gasteiger partial charge >= 0.3 is 7.12 Å². The Morgan fingerprint density at radius 2 is 1.78 bits per heavy atom. The van der Waals surface area contributed by atoms with E-state index in [2.05, 4.69) is 6.92 Å². The number of fused-ring (bicyclic) bond motifs is 1. The highest BCUT2D eigenvalue weighted by molar-refractivity contribution is 6.62. The summed E-state index contributed by atoms with van der Waals surface area (Å²) in [4.78, 5) is 13.5. The highest BCUT2D eigenvalue weighted by Gasteiger charge is 2.52. The summed E-state index contributed by atoms with van der Waals surface area (Å²) in [6.45, 7) is 10.3. The Morgan fingerprint density at radius 3 is 2.35 bits per heavy atom. The molecule has 1 aromatic carbocycles. The van der Waals surface area contributed by atoms with Crippen LogP contribution in [0.1, 0.15) is 40.2 Å². The number of ether oxygens (including phenoxy) is 1. The van der Waals surface area contributed by atoms with Gasteiger partial charge in [-0.15, -0.1) is 0 Å². The third-order valence-corrected chi connectivity index (χ3v) is 5.20. The Hall–Kier alpha value is -1.53. The van der Waals surface area contributed by atoms with Gasteiger partial charge in [-0.3, -0.25) is 4.79 Å². The molecule has 0 bridgehead atoms. The first kappa shape index (κ1) is 16.3. The van der Waals surface area contributed by atoms with Crippen LogP contribution < -0.4 is 15.1 Å². The monoisotopic (exact) mass is 317 g/mol. The minimum Gasteiger partial charge on any atom is -0.482 e. The number of carbonyl (C=O) groups is 1. The maximum Gasteiger partial charge on any atom is 0.495 e. The fourth-order valence-corrected chi connectivity index (χ4v) is 2.87. The smallest absolute Gasteiger partial charge is 0.482 e. The number of hydrogen-bond donors (Lipinski definition) is 0. The molecule has 1 saturated heterocycles. The number of hydrogen-bond acceptors (Lipinski definition) is 4. The third-order valence-electron chi connectivity index (χ3n) is 5.20. The molecule has 1 aromatic rings. The summed E-state index contributed by atoms with van der Waals surface area (Å²) in [5.41, 5.74) is 2.07. The van der Waals surface area contributed by atoms with Crippen molar-refractivity contribution in [2.75, 3.05) is 18.6 Å². The second-order valence-corrected chi connectivity index (χ2v) is 7.20. The van der Waals surface area contributed by atoms with Crippen LogP contribution in [0.15, 0.2) is 12.1 Å². The van der Waals surface area contributed by atoms with Crippen LogP contribution in [0.4, 0.5) is 5.69 Å². The number of anilines is 1. The van der Waals surface area contributed by atoms with Gasteiger partial charge in [-0.05, 0) is 57.3 Å². The van der Waals surface area contributed by atoms with Crippen LogP contribution in [0.2, 0.25) is 0 Å². The van der Waals surface area contributed by atoms with E-state index >= 15 is 0 Å². The molecular formula is C17H24BNO4. The van der Waals surface area contributed by atoms with Crippen molar-refractivity contribution in [3.63, 3.8) is 0 Å². The zero-order chi connectivity index (χ0) is 17.0. The maximum absolute atomic E-state index is 11.9. The zero-order valence-corrected chi connectivity index (χ0v) is 14.7. The van der Waals surface area contributed by atoms with Crippen LogP contribution in [0.3, 0.4) is 0 Å². The van der Waals surface area contributed by atoms with Gasteiger partial charge in [-0.25, -0.2) is 0 Å². The molecule has 2 aliphatic heterocycles. The minimum atomic E-state index is -0.439. The molecule has 0 radical (unpaired) electrons. The summed E-state index contributed by atoms with van der Waals surface area (Å²) in [7, 11) is 1.33. The summed E-state index contributed by atoms with van der Waals surface area (Å²) >= 11 is 0. The summed E-state index contributed by atoms with van der Waals surface area (Å²) in [5, 5.41) is 0. The Labute approximate surface area is 138 Å². The first-order valence-corrected chi connectivity index (χ1v) is 8.08. The van der Waals surface area contributed by atoms with Gasteiger partial charge in [0.15, 0.2) is 6.61 Å². The highest BCUT2D eigenvalue weighted by Crippen LogP contribution is 2.38. The van der Waals surface area contributed by atoms with Gasteiger partial charge < -0.3 is 18.9 Å². The molecule has 5 nitrogen and oxygen atoms in total. The SMILES string of the molecule is CCc1cc2c(cc1B1OC(C)(C)C(C)(C)O1)N(C)C(=O)CO2. The van der Waals surface area contributed by atoms with Crippen LogP contribution in [-0.4, -0.2) is 37.9 Å². The van der Waals surface area contributed by atoms with Crippen LogP contribution in [-0.2, 0) is 20.5 Å². The molecule has 0 atom stereocenters. The average molecular weight is 317 g/mol. The summed E-state index contributed by atoms with van der Waals surface area (Å²) in [5.74, 6) is 0.686. The molecule has 0 aliphatic carbocycles. The highest BCUT2D eigenvalue weighted by atomic mass is 16.7. The van der Waals surface area contributed by atoms with E-state index in [9.17, 15) is 4.79 Å². The van der Waals surface area contributed by atoms with Gasteiger partial charge in [-0.2, -0.15) is 0 Å². The summed E-state index contributed by atoms with van der Waals surface area (Å²) in [6.07, 6.45) is 0.841. The lowest BCUT2D eigenvalue weighted by molar-refractivity contribution is -0.120. The molecule has 0 N–H and O–H groups in total. The fourth-order valence-electron chi connectivity index (χ4n) is 2.87. The first-order valence-electron chi connectivity index (χ1n) is 8.08. The van der Waals surface area contributed by atoms with Gasteiger partial charge in [0, 0.05) is 7.05 Å². The topological polar surface area (TPSA) is 48.0 Å². The zero-order valence-electron chi connectivity index (χ0n) is 14.7. The number of rotatable bonds is 2. The maximum atomic E-state index is 11.9. The first-order chi connectivity index (χ1) is 10.7. The standard InChI is InChI=1S/C17H24BNO4/c1-7-11-8-14-13(19(6)15(20)10-21-14)9-12(11)18-22-16(2,3)17(4,5)23-18/h8-9H,7,10H2,1-6H3. The molecule has 0 saturated carbocycles. The van der Waals surface area contributed by atoms with Crippen LogP contribution >= 0.6 is 0 Å². The predicted molar refractivity (Wildman–Crippen MR) is 90.4 cm³/mol. The van der Waals surface area contributed by atoms with Gasteiger partial charge in [0.25, 0.3) is 5.91 Å². The summed E-state index contributed by atoms with van der Waals surface area (Å²) < 4.78 is 17.9. The largest absolute Gasteiger partial charge is 0.495 e. The van der Waals surface area contributed by atoms with E-state index in [1.165, 1.54) is 0 Å². The molecule has 6 heteroatoms. The second kappa shape index (κ2) is 5.25. The van der Waals surface area contributed by atoms with Crippen molar-refractivity contribution in [1.29, 1.82) is 0 Å². The number of benzene rings is 1. The molecule has 1 fully saturated rings. The Balaban J connectivity index is 2.05. The third kappa shape index (κ3) is 2.54. The minimum absolute atomic E-state index is 0.0541. The van der Waals surface area contributed by atoms with Crippen molar-refractivity contribution >= 4 is 24.2 Å². The van der Waals surface area contributed by atoms with Gasteiger partial charge in [0.2, 0.25) is 0 Å². The van der Waals surface area contributed by atoms with Gasteiger partial charge in [-0.1, -0.05) is 6.92 Å². The molecular weight excluding hydrogens is 293 g/mol. The number of carbonyl (C=O) groups excluding carboxylic acids is 1. The van der Waals surface area contributed by atoms with Crippen LogP contribution in [0.25, 0.3) is 0 Å². The molecule has 0 unspecified atom stereocenters. The van der Waals surface area contributed by atoms with Crippen molar-refractivity contribution in [2.24, 2.45) is 0 Å². The predicted octanol–water partition coefficient (Wildman–Crippen LogP) is 1.90. The number of amides is 1. The number of likely N-dealkylation sites (N-methyl/N-ethyl adjacent to an activating group) is 1. The van der Waals surface area contributed by atoms with E-state index < -0.39 is 18.3 Å². The van der Waals surface area contributed by atoms with Crippen LogP contribution in [0, 0.1) is 0 Å². The number of aryl methyl sites for hydroxylation is 1. The lowest BCUT2D eigenvalue weighted by atomic mass is 9.74. The Kier molecular flexibility index (Phi) is 3.73. The van der Waals surface area contributed by atoms with Crippen molar-refractivity contribution < 1.29 is 18.8 Å². The Morgan fingerprint density at radius 1 is 1.17 bits per heavy atom. The molecule has 2 heterocycles. The quantitative estimate of drug-likeness (QED) is 0.782. The molecule has 3 rings (SSSR count). The molecule has 0 aromatic heterocycles. The van der Waals surface area contributed by atoms with Gasteiger partial charge in [0.05, 0.1) is 16.9 Å². The van der Waals surface area contributed by atoms with Crippen LogP contribution in [0.5, 0.6) is 5.75 Å². The Bertz CT molecular complexity index is 640. The van der Waals surface area contributed by atoms with E-state index in [-0.39, 0.29) is 12.5 Å². The van der Waals surface area contributed by atoms with Crippen molar-refractivity contribution in [2.45, 2.75) is 52.2 Å². The van der Waals surface area contributed by atoms with Crippen molar-refractivity contribution in [1.82, 2.24) is 0 Å². The average Bonchev–Trinajstić information content (AvgIpc) is 2.70. The molecule has 124 valence electrons. The van der Waals surface area contributed by atoms with E-state index in [1.54, 1.807) is 11.9 Å². The lowest BCUT2D eigenvalue weighted by Gasteiger charge is -2.32. The molecule has 2 aliphatic rings. The van der Waals surface area contributed by atoms with Crippen molar-refractivity contribution in [3.8, 4) is 5.75 Å². The summed E-state index contributed by atoms with van der Waals surface area (Å²) in [6, 6.07) is 3.96. The van der Waals surface area contributed by atoms with E-state index in [4.69, 9.17) is 14.0 Å². The van der Waals surface area contributed by atoms with E-state index in [1.807, 2.05) is 39.8 Å². The molecule has 1 amide bonds. The van der Waals surface area contributed by atoms with Crippen molar-refractivity contribution in [3.05, 3.63) is 17.7 Å². The molecule has 0 spiro atoms.